The molecule has 0 atom stereocenters. The molecule has 1 aliphatic rings. The Hall–Kier alpha value is -1.35. The largest absolute Gasteiger partial charge is 0.351 e. The molecule has 1 amide bonds. The minimum Gasteiger partial charge on any atom is -0.351 e. The van der Waals surface area contributed by atoms with E-state index in [4.69, 9.17) is 0 Å². The Kier molecular flexibility index (Phi) is 5.40. The van der Waals surface area contributed by atoms with Crippen molar-refractivity contribution in [1.29, 1.82) is 0 Å². The van der Waals surface area contributed by atoms with Gasteiger partial charge in [-0.25, -0.2) is 0 Å². The number of hydrogen-bond acceptors (Lipinski definition) is 2. The van der Waals surface area contributed by atoms with Gasteiger partial charge in [0.1, 0.15) is 0 Å². The predicted octanol–water partition coefficient (Wildman–Crippen LogP) is 2.65. The molecule has 19 heavy (non-hydrogen) atoms. The third kappa shape index (κ3) is 4.67. The lowest BCUT2D eigenvalue weighted by Gasteiger charge is -2.22. The summed E-state index contributed by atoms with van der Waals surface area (Å²) in [6, 6.07) is 8.34. The third-order valence-electron chi connectivity index (χ3n) is 3.76. The van der Waals surface area contributed by atoms with Gasteiger partial charge in [0, 0.05) is 24.7 Å². The van der Waals surface area contributed by atoms with Crippen LogP contribution in [-0.2, 0) is 0 Å². The van der Waals surface area contributed by atoms with Crippen LogP contribution in [0.2, 0.25) is 0 Å². The van der Waals surface area contributed by atoms with Crippen LogP contribution in [0.3, 0.4) is 0 Å². The molecule has 2 N–H and O–H groups in total. The summed E-state index contributed by atoms with van der Waals surface area (Å²) in [5.74, 6) is 0.0189. The van der Waals surface area contributed by atoms with Crippen molar-refractivity contribution >= 4 is 5.91 Å². The standard InChI is InChI=1S/C16H24N2O/c1-13-7-9-14(10-8-13)16(19)18-12-11-17-15-5-3-2-4-6-15/h7-10,15,17H,2-6,11-12H2,1H3,(H,18,19). The van der Waals surface area contributed by atoms with Crippen LogP contribution >= 0.6 is 0 Å². The summed E-state index contributed by atoms with van der Waals surface area (Å²) < 4.78 is 0. The minimum atomic E-state index is 0.0189. The molecular formula is C16H24N2O. The highest BCUT2D eigenvalue weighted by atomic mass is 16.1. The third-order valence-corrected chi connectivity index (χ3v) is 3.76. The molecule has 1 fully saturated rings. The molecule has 2 rings (SSSR count). The van der Waals surface area contributed by atoms with Crippen molar-refractivity contribution in [2.75, 3.05) is 13.1 Å². The molecule has 1 saturated carbocycles. The lowest BCUT2D eigenvalue weighted by Crippen LogP contribution is -2.37. The monoisotopic (exact) mass is 260 g/mol. The Morgan fingerprint density at radius 3 is 2.47 bits per heavy atom. The molecule has 0 radical (unpaired) electrons. The van der Waals surface area contributed by atoms with Crippen molar-refractivity contribution in [1.82, 2.24) is 10.6 Å². The quantitative estimate of drug-likeness (QED) is 0.799. The molecule has 1 aliphatic carbocycles. The maximum Gasteiger partial charge on any atom is 0.251 e. The summed E-state index contributed by atoms with van der Waals surface area (Å²) in [5, 5.41) is 6.48. The first kappa shape index (κ1) is 14.1. The molecule has 3 heteroatoms. The highest BCUT2D eigenvalue weighted by Crippen LogP contribution is 2.16. The van der Waals surface area contributed by atoms with E-state index in [0.717, 1.165) is 12.1 Å². The number of aryl methyl sites for hydroxylation is 1. The SMILES string of the molecule is Cc1ccc(C(=O)NCCNC2CCCCC2)cc1. The first-order chi connectivity index (χ1) is 9.25. The smallest absolute Gasteiger partial charge is 0.251 e. The van der Waals surface area contributed by atoms with Gasteiger partial charge in [-0.1, -0.05) is 37.0 Å². The highest BCUT2D eigenvalue weighted by Gasteiger charge is 2.12. The van der Waals surface area contributed by atoms with E-state index in [1.165, 1.54) is 37.7 Å². The zero-order valence-corrected chi connectivity index (χ0v) is 11.7. The van der Waals surface area contributed by atoms with Gasteiger partial charge in [0.15, 0.2) is 0 Å². The number of carbonyl (C=O) groups is 1. The van der Waals surface area contributed by atoms with Gasteiger partial charge in [-0.15, -0.1) is 0 Å². The molecule has 1 aromatic carbocycles. The first-order valence-electron chi connectivity index (χ1n) is 7.34. The van der Waals surface area contributed by atoms with Crippen LogP contribution in [0.1, 0.15) is 48.0 Å². The fourth-order valence-corrected chi connectivity index (χ4v) is 2.57. The van der Waals surface area contributed by atoms with Crippen molar-refractivity contribution < 1.29 is 4.79 Å². The average Bonchev–Trinajstić information content (AvgIpc) is 2.45. The van der Waals surface area contributed by atoms with Gasteiger partial charge in [-0.3, -0.25) is 4.79 Å². The number of amides is 1. The number of hydrogen-bond donors (Lipinski definition) is 2. The van der Waals surface area contributed by atoms with Crippen LogP contribution < -0.4 is 10.6 Å². The zero-order chi connectivity index (χ0) is 13.5. The second-order valence-electron chi connectivity index (χ2n) is 5.41. The van der Waals surface area contributed by atoms with Gasteiger partial charge in [-0.05, 0) is 31.9 Å². The van der Waals surface area contributed by atoms with Crippen LogP contribution in [0.4, 0.5) is 0 Å². The van der Waals surface area contributed by atoms with Crippen LogP contribution in [-0.4, -0.2) is 25.0 Å². The molecule has 0 saturated heterocycles. The summed E-state index contributed by atoms with van der Waals surface area (Å²) in [5.41, 5.74) is 1.92. The maximum atomic E-state index is 11.9. The Morgan fingerprint density at radius 2 is 1.79 bits per heavy atom. The van der Waals surface area contributed by atoms with Crippen LogP contribution in [0.5, 0.6) is 0 Å². The first-order valence-corrected chi connectivity index (χ1v) is 7.34. The average molecular weight is 260 g/mol. The molecule has 0 spiro atoms. The van der Waals surface area contributed by atoms with Gasteiger partial charge >= 0.3 is 0 Å². The summed E-state index contributed by atoms with van der Waals surface area (Å²) >= 11 is 0. The second kappa shape index (κ2) is 7.29. The molecule has 0 heterocycles. The van der Waals surface area contributed by atoms with E-state index in [9.17, 15) is 4.79 Å². The van der Waals surface area contributed by atoms with E-state index < -0.39 is 0 Å². The van der Waals surface area contributed by atoms with Gasteiger partial charge in [0.05, 0.1) is 0 Å². The van der Waals surface area contributed by atoms with Crippen molar-refractivity contribution in [3.63, 3.8) is 0 Å². The number of rotatable bonds is 5. The van der Waals surface area contributed by atoms with E-state index in [1.807, 2.05) is 31.2 Å². The molecule has 0 bridgehead atoms. The van der Waals surface area contributed by atoms with E-state index in [-0.39, 0.29) is 5.91 Å². The Morgan fingerprint density at radius 1 is 1.11 bits per heavy atom. The van der Waals surface area contributed by atoms with E-state index in [1.54, 1.807) is 0 Å². The number of benzene rings is 1. The molecule has 0 aromatic heterocycles. The molecule has 3 nitrogen and oxygen atoms in total. The fraction of sp³-hybridized carbons (Fsp3) is 0.562. The highest BCUT2D eigenvalue weighted by molar-refractivity contribution is 5.94. The summed E-state index contributed by atoms with van der Waals surface area (Å²) in [4.78, 5) is 11.9. The van der Waals surface area contributed by atoms with Gasteiger partial charge < -0.3 is 10.6 Å². The predicted molar refractivity (Wildman–Crippen MR) is 78.4 cm³/mol. The summed E-state index contributed by atoms with van der Waals surface area (Å²) in [6.45, 7) is 3.58. The van der Waals surface area contributed by atoms with Crippen LogP contribution in [0, 0.1) is 6.92 Å². The molecule has 1 aromatic rings. The van der Waals surface area contributed by atoms with Crippen molar-refractivity contribution in [3.8, 4) is 0 Å². The van der Waals surface area contributed by atoms with Crippen molar-refractivity contribution in [3.05, 3.63) is 35.4 Å². The summed E-state index contributed by atoms with van der Waals surface area (Å²) in [6.07, 6.45) is 6.63. The van der Waals surface area contributed by atoms with E-state index in [2.05, 4.69) is 10.6 Å². The second-order valence-corrected chi connectivity index (χ2v) is 5.41. The number of nitrogens with one attached hydrogen (secondary N) is 2. The Balaban J connectivity index is 1.64. The molecule has 0 unspecified atom stereocenters. The van der Waals surface area contributed by atoms with Crippen LogP contribution in [0.15, 0.2) is 24.3 Å². The fourth-order valence-electron chi connectivity index (χ4n) is 2.57. The zero-order valence-electron chi connectivity index (χ0n) is 11.7. The van der Waals surface area contributed by atoms with Gasteiger partial charge in [-0.2, -0.15) is 0 Å². The Bertz CT molecular complexity index is 394. The molecular weight excluding hydrogens is 236 g/mol. The number of carbonyl (C=O) groups excluding carboxylic acids is 1. The lowest BCUT2D eigenvalue weighted by molar-refractivity contribution is 0.0953. The molecule has 0 aliphatic heterocycles. The van der Waals surface area contributed by atoms with Crippen LogP contribution in [0.25, 0.3) is 0 Å². The molecule has 104 valence electrons. The lowest BCUT2D eigenvalue weighted by atomic mass is 9.95. The van der Waals surface area contributed by atoms with Crippen molar-refractivity contribution in [2.45, 2.75) is 45.1 Å². The van der Waals surface area contributed by atoms with Gasteiger partial charge in [0.2, 0.25) is 0 Å². The van der Waals surface area contributed by atoms with E-state index >= 15 is 0 Å². The normalized spacial score (nSPS) is 16.3. The minimum absolute atomic E-state index is 0.0189. The van der Waals surface area contributed by atoms with E-state index in [0.29, 0.717) is 12.6 Å². The topological polar surface area (TPSA) is 41.1 Å². The van der Waals surface area contributed by atoms with Gasteiger partial charge in [0.25, 0.3) is 5.91 Å². The Labute approximate surface area is 115 Å². The summed E-state index contributed by atoms with van der Waals surface area (Å²) in [7, 11) is 0. The maximum absolute atomic E-state index is 11.9. The van der Waals surface area contributed by atoms with Crippen molar-refractivity contribution in [2.24, 2.45) is 0 Å².